The summed E-state index contributed by atoms with van der Waals surface area (Å²) in [5.41, 5.74) is 0. The Kier molecular flexibility index (Phi) is 5.95. The van der Waals surface area contributed by atoms with Crippen LogP contribution in [0.15, 0.2) is 0 Å². The first-order valence-corrected chi connectivity index (χ1v) is 6.60. The molecule has 0 aromatic rings. The molecule has 4 unspecified atom stereocenters. The van der Waals surface area contributed by atoms with Crippen molar-refractivity contribution in [3.63, 3.8) is 0 Å². The SMILES string of the molecule is CCC(C)CCC(C)NC1C[N]CC1Cl. The lowest BCUT2D eigenvalue weighted by atomic mass is 9.99. The van der Waals surface area contributed by atoms with Crippen molar-refractivity contribution < 1.29 is 0 Å². The van der Waals surface area contributed by atoms with Gasteiger partial charge in [0.2, 0.25) is 0 Å². The first-order valence-electron chi connectivity index (χ1n) is 6.16. The van der Waals surface area contributed by atoms with E-state index in [4.69, 9.17) is 11.6 Å². The normalized spacial score (nSPS) is 30.4. The van der Waals surface area contributed by atoms with Gasteiger partial charge in [0.15, 0.2) is 0 Å². The van der Waals surface area contributed by atoms with Crippen molar-refractivity contribution in [3.8, 4) is 0 Å². The number of hydrogen-bond acceptors (Lipinski definition) is 1. The molecule has 0 aromatic carbocycles. The molecule has 89 valence electrons. The highest BCUT2D eigenvalue weighted by atomic mass is 35.5. The van der Waals surface area contributed by atoms with Crippen LogP contribution >= 0.6 is 11.6 Å². The van der Waals surface area contributed by atoms with Crippen LogP contribution in [0.5, 0.6) is 0 Å². The van der Waals surface area contributed by atoms with E-state index < -0.39 is 0 Å². The molecule has 1 saturated heterocycles. The van der Waals surface area contributed by atoms with Gasteiger partial charge in [-0.15, -0.1) is 11.6 Å². The van der Waals surface area contributed by atoms with Crippen LogP contribution in [-0.2, 0) is 0 Å². The van der Waals surface area contributed by atoms with Gasteiger partial charge >= 0.3 is 0 Å². The third-order valence-corrected chi connectivity index (χ3v) is 3.80. The summed E-state index contributed by atoms with van der Waals surface area (Å²) in [4.78, 5) is 0. The monoisotopic (exact) mass is 231 g/mol. The van der Waals surface area contributed by atoms with E-state index in [1.807, 2.05) is 0 Å². The summed E-state index contributed by atoms with van der Waals surface area (Å²) in [6.07, 6.45) is 3.83. The van der Waals surface area contributed by atoms with Crippen molar-refractivity contribution in [1.82, 2.24) is 10.6 Å². The number of hydrogen-bond donors (Lipinski definition) is 1. The van der Waals surface area contributed by atoms with E-state index in [-0.39, 0.29) is 5.38 Å². The second-order valence-corrected chi connectivity index (χ2v) is 5.43. The van der Waals surface area contributed by atoms with Crippen molar-refractivity contribution in [2.24, 2.45) is 5.92 Å². The summed E-state index contributed by atoms with van der Waals surface area (Å²) in [7, 11) is 0. The Balaban J connectivity index is 2.14. The summed E-state index contributed by atoms with van der Waals surface area (Å²) in [6.45, 7) is 8.54. The Morgan fingerprint density at radius 3 is 2.60 bits per heavy atom. The highest BCUT2D eigenvalue weighted by Crippen LogP contribution is 2.14. The Morgan fingerprint density at radius 1 is 1.33 bits per heavy atom. The minimum Gasteiger partial charge on any atom is -0.309 e. The fourth-order valence-electron chi connectivity index (χ4n) is 1.92. The minimum atomic E-state index is 0.205. The van der Waals surface area contributed by atoms with Crippen molar-refractivity contribution in [2.45, 2.75) is 57.5 Å². The highest BCUT2D eigenvalue weighted by Gasteiger charge is 2.26. The number of nitrogens with one attached hydrogen (secondary N) is 1. The molecule has 15 heavy (non-hydrogen) atoms. The van der Waals surface area contributed by atoms with Gasteiger partial charge in [0.25, 0.3) is 0 Å². The lowest BCUT2D eigenvalue weighted by Crippen LogP contribution is -2.42. The van der Waals surface area contributed by atoms with Crippen LogP contribution in [-0.4, -0.2) is 30.6 Å². The van der Waals surface area contributed by atoms with Gasteiger partial charge in [-0.25, -0.2) is 5.32 Å². The Hall–Kier alpha value is 0.210. The van der Waals surface area contributed by atoms with Crippen LogP contribution in [0.2, 0.25) is 0 Å². The quantitative estimate of drug-likeness (QED) is 0.698. The summed E-state index contributed by atoms with van der Waals surface area (Å²) < 4.78 is 0. The minimum absolute atomic E-state index is 0.205. The van der Waals surface area contributed by atoms with Crippen LogP contribution in [0.25, 0.3) is 0 Å². The molecule has 0 aromatic heterocycles. The van der Waals surface area contributed by atoms with E-state index in [9.17, 15) is 0 Å². The molecule has 1 N–H and O–H groups in total. The van der Waals surface area contributed by atoms with Crippen LogP contribution in [0.1, 0.15) is 40.0 Å². The van der Waals surface area contributed by atoms with Gasteiger partial charge in [-0.3, -0.25) is 0 Å². The van der Waals surface area contributed by atoms with Gasteiger partial charge in [-0.05, 0) is 25.7 Å². The zero-order valence-corrected chi connectivity index (χ0v) is 10.9. The average molecular weight is 232 g/mol. The fourth-order valence-corrected chi connectivity index (χ4v) is 2.17. The average Bonchev–Trinajstić information content (AvgIpc) is 2.61. The molecule has 1 rings (SSSR count). The highest BCUT2D eigenvalue weighted by molar-refractivity contribution is 6.21. The van der Waals surface area contributed by atoms with E-state index in [2.05, 4.69) is 31.4 Å². The Bertz CT molecular complexity index is 175. The molecule has 1 aliphatic rings. The topological polar surface area (TPSA) is 26.1 Å². The molecule has 2 nitrogen and oxygen atoms in total. The van der Waals surface area contributed by atoms with E-state index in [1.54, 1.807) is 0 Å². The first-order chi connectivity index (χ1) is 7.13. The lowest BCUT2D eigenvalue weighted by molar-refractivity contribution is 0.397. The van der Waals surface area contributed by atoms with E-state index >= 15 is 0 Å². The van der Waals surface area contributed by atoms with Gasteiger partial charge in [0, 0.05) is 25.2 Å². The standard InChI is InChI=1S/C12H24ClN2/c1-4-9(2)5-6-10(3)15-12-8-14-7-11(12)13/h9-12,15H,4-8H2,1-3H3. The number of halogens is 1. The molecule has 1 aliphatic heterocycles. The van der Waals surface area contributed by atoms with Crippen LogP contribution < -0.4 is 10.6 Å². The molecule has 0 bridgehead atoms. The second kappa shape index (κ2) is 6.72. The van der Waals surface area contributed by atoms with Crippen LogP contribution in [0, 0.1) is 5.92 Å². The van der Waals surface area contributed by atoms with Gasteiger partial charge < -0.3 is 5.32 Å². The number of nitrogens with zero attached hydrogens (tertiary/aromatic N) is 1. The zero-order chi connectivity index (χ0) is 11.3. The molecular formula is C12H24ClN2. The fraction of sp³-hybridized carbons (Fsp3) is 1.00. The predicted molar refractivity (Wildman–Crippen MR) is 66.6 cm³/mol. The Morgan fingerprint density at radius 2 is 2.07 bits per heavy atom. The van der Waals surface area contributed by atoms with Crippen molar-refractivity contribution in [1.29, 1.82) is 0 Å². The number of alkyl halides is 1. The van der Waals surface area contributed by atoms with Crippen LogP contribution in [0.4, 0.5) is 0 Å². The van der Waals surface area contributed by atoms with Gasteiger partial charge in [-0.1, -0.05) is 20.3 Å². The molecular weight excluding hydrogens is 208 g/mol. The van der Waals surface area contributed by atoms with E-state index in [0.29, 0.717) is 12.1 Å². The van der Waals surface area contributed by atoms with Gasteiger partial charge in [0.1, 0.15) is 0 Å². The molecule has 0 saturated carbocycles. The van der Waals surface area contributed by atoms with E-state index in [1.165, 1.54) is 19.3 Å². The maximum absolute atomic E-state index is 6.16. The van der Waals surface area contributed by atoms with E-state index in [0.717, 1.165) is 19.0 Å². The maximum atomic E-state index is 6.16. The molecule has 1 radical (unpaired) electrons. The summed E-state index contributed by atoms with van der Waals surface area (Å²) in [6, 6.07) is 0.970. The van der Waals surface area contributed by atoms with Gasteiger partial charge in [-0.2, -0.15) is 0 Å². The molecule has 0 aliphatic carbocycles. The van der Waals surface area contributed by atoms with Crippen LogP contribution in [0.3, 0.4) is 0 Å². The maximum Gasteiger partial charge on any atom is 0.0643 e. The smallest absolute Gasteiger partial charge is 0.0643 e. The molecule has 0 spiro atoms. The summed E-state index contributed by atoms with van der Waals surface area (Å²) in [5, 5.41) is 8.10. The summed E-state index contributed by atoms with van der Waals surface area (Å²) in [5.74, 6) is 0.842. The van der Waals surface area contributed by atoms with Gasteiger partial charge in [0.05, 0.1) is 5.38 Å². The molecule has 3 heteroatoms. The third-order valence-electron chi connectivity index (χ3n) is 3.35. The number of rotatable bonds is 6. The molecule has 0 amide bonds. The van der Waals surface area contributed by atoms with Crippen molar-refractivity contribution in [2.75, 3.05) is 13.1 Å². The molecule has 1 fully saturated rings. The second-order valence-electron chi connectivity index (χ2n) is 4.87. The largest absolute Gasteiger partial charge is 0.309 e. The third kappa shape index (κ3) is 4.71. The predicted octanol–water partition coefficient (Wildman–Crippen LogP) is 2.38. The van der Waals surface area contributed by atoms with Crippen molar-refractivity contribution in [3.05, 3.63) is 0 Å². The summed E-state index contributed by atoms with van der Waals surface area (Å²) >= 11 is 6.16. The molecule has 4 atom stereocenters. The lowest BCUT2D eigenvalue weighted by Gasteiger charge is -2.21. The Labute approximate surface area is 99.2 Å². The first kappa shape index (κ1) is 13.3. The zero-order valence-electron chi connectivity index (χ0n) is 10.2. The molecule has 1 heterocycles. The van der Waals surface area contributed by atoms with Crippen molar-refractivity contribution >= 4 is 11.6 Å².